The maximum Gasteiger partial charge on any atom is 0.0944 e. The van der Waals surface area contributed by atoms with Gasteiger partial charge in [0.2, 0.25) is 0 Å². The minimum Gasteiger partial charge on any atom is -0.109 e. The molecule has 0 aliphatic rings. The highest BCUT2D eigenvalue weighted by molar-refractivity contribution is 6.26. The predicted octanol–water partition coefficient (Wildman–Crippen LogP) is 7.31. The highest BCUT2D eigenvalue weighted by Crippen LogP contribution is 2.41. The van der Waals surface area contributed by atoms with E-state index in [0.717, 1.165) is 6.42 Å². The van der Waals surface area contributed by atoms with E-state index in [1.54, 1.807) is 0 Å². The molecule has 0 bridgehead atoms. The fraction of sp³-hybridized carbons (Fsp3) is 0.455. The Morgan fingerprint density at radius 3 is 1.57 bits per heavy atom. The third-order valence-corrected chi connectivity index (χ3v) is 5.21. The fourth-order valence-corrected chi connectivity index (χ4v) is 3.57. The van der Waals surface area contributed by atoms with E-state index < -0.39 is 4.87 Å². The second-order valence-electron chi connectivity index (χ2n) is 6.40. The number of hydrogen-bond acceptors (Lipinski definition) is 0. The summed E-state index contributed by atoms with van der Waals surface area (Å²) < 4.78 is 0. The van der Waals surface area contributed by atoms with E-state index in [9.17, 15) is 0 Å². The van der Waals surface area contributed by atoms with Crippen LogP contribution in [-0.2, 0) is 4.87 Å². The van der Waals surface area contributed by atoms with Gasteiger partial charge in [0.25, 0.3) is 0 Å². The van der Waals surface area contributed by atoms with Crippen molar-refractivity contribution in [3.05, 3.63) is 71.8 Å². The molecule has 0 aromatic heterocycles. The molecule has 0 nitrogen and oxygen atoms in total. The SMILES string of the molecule is CCCCCCCCCC(Cl)(c1ccccc1)c1ccccc1. The van der Waals surface area contributed by atoms with Crippen LogP contribution in [0.2, 0.25) is 0 Å². The van der Waals surface area contributed by atoms with Crippen LogP contribution in [0.25, 0.3) is 0 Å². The molecule has 0 atom stereocenters. The van der Waals surface area contributed by atoms with Crippen molar-refractivity contribution in [3.63, 3.8) is 0 Å². The Balaban J connectivity index is 1.98. The molecule has 0 unspecified atom stereocenters. The Morgan fingerprint density at radius 1 is 0.652 bits per heavy atom. The van der Waals surface area contributed by atoms with Crippen LogP contribution in [-0.4, -0.2) is 0 Å². The summed E-state index contributed by atoms with van der Waals surface area (Å²) in [6.45, 7) is 2.27. The minimum absolute atomic E-state index is 0.397. The second kappa shape index (κ2) is 9.78. The van der Waals surface area contributed by atoms with Gasteiger partial charge < -0.3 is 0 Å². The van der Waals surface area contributed by atoms with Crippen molar-refractivity contribution >= 4 is 11.6 Å². The first kappa shape index (κ1) is 18.1. The Morgan fingerprint density at radius 2 is 1.09 bits per heavy atom. The van der Waals surface area contributed by atoms with Crippen molar-refractivity contribution in [2.75, 3.05) is 0 Å². The van der Waals surface area contributed by atoms with E-state index in [4.69, 9.17) is 11.6 Å². The molecule has 0 amide bonds. The van der Waals surface area contributed by atoms with E-state index >= 15 is 0 Å². The van der Waals surface area contributed by atoms with Crippen LogP contribution >= 0.6 is 11.6 Å². The number of halogens is 1. The summed E-state index contributed by atoms with van der Waals surface area (Å²) in [7, 11) is 0. The molecule has 0 saturated carbocycles. The average molecular weight is 329 g/mol. The monoisotopic (exact) mass is 328 g/mol. The molecular weight excluding hydrogens is 300 g/mol. The van der Waals surface area contributed by atoms with Crippen LogP contribution in [0.4, 0.5) is 0 Å². The van der Waals surface area contributed by atoms with Crippen LogP contribution in [0.5, 0.6) is 0 Å². The maximum absolute atomic E-state index is 7.15. The highest BCUT2D eigenvalue weighted by atomic mass is 35.5. The largest absolute Gasteiger partial charge is 0.109 e. The van der Waals surface area contributed by atoms with Crippen LogP contribution < -0.4 is 0 Å². The molecule has 23 heavy (non-hydrogen) atoms. The number of rotatable bonds is 10. The number of alkyl halides is 1. The topological polar surface area (TPSA) is 0 Å². The normalized spacial score (nSPS) is 11.6. The molecule has 0 aliphatic heterocycles. The van der Waals surface area contributed by atoms with Gasteiger partial charge in [-0.3, -0.25) is 0 Å². The van der Waals surface area contributed by atoms with E-state index in [0.29, 0.717) is 0 Å². The summed E-state index contributed by atoms with van der Waals surface area (Å²) in [5, 5.41) is 0. The van der Waals surface area contributed by atoms with Crippen molar-refractivity contribution in [1.82, 2.24) is 0 Å². The lowest BCUT2D eigenvalue weighted by atomic mass is 9.85. The van der Waals surface area contributed by atoms with E-state index in [1.807, 2.05) is 0 Å². The lowest BCUT2D eigenvalue weighted by molar-refractivity contribution is 0.538. The van der Waals surface area contributed by atoms with Gasteiger partial charge in [-0.25, -0.2) is 0 Å². The molecule has 124 valence electrons. The molecule has 0 saturated heterocycles. The summed E-state index contributed by atoms with van der Waals surface area (Å²) in [6.07, 6.45) is 10.2. The standard InChI is InChI=1S/C22H29Cl/c1-2-3-4-5-6-7-14-19-22(23,20-15-10-8-11-16-20)21-17-12-9-13-18-21/h8-13,15-18H,2-7,14,19H2,1H3. The van der Waals surface area contributed by atoms with Crippen molar-refractivity contribution < 1.29 is 0 Å². The van der Waals surface area contributed by atoms with E-state index in [2.05, 4.69) is 67.6 Å². The fourth-order valence-electron chi connectivity index (χ4n) is 3.19. The summed E-state index contributed by atoms with van der Waals surface area (Å²) in [5.41, 5.74) is 2.41. The first-order valence-electron chi connectivity index (χ1n) is 9.07. The predicted molar refractivity (Wildman–Crippen MR) is 102 cm³/mol. The van der Waals surface area contributed by atoms with Gasteiger partial charge in [-0.05, 0) is 17.5 Å². The summed E-state index contributed by atoms with van der Waals surface area (Å²) >= 11 is 7.15. The number of benzene rings is 2. The molecule has 0 fully saturated rings. The highest BCUT2D eigenvalue weighted by Gasteiger charge is 2.30. The zero-order valence-corrected chi connectivity index (χ0v) is 15.1. The summed E-state index contributed by atoms with van der Waals surface area (Å²) in [5.74, 6) is 0. The van der Waals surface area contributed by atoms with Gasteiger partial charge in [0.15, 0.2) is 0 Å². The average Bonchev–Trinajstić information content (AvgIpc) is 2.62. The van der Waals surface area contributed by atoms with Crippen LogP contribution in [0.1, 0.15) is 69.4 Å². The first-order chi connectivity index (χ1) is 11.3. The quantitative estimate of drug-likeness (QED) is 0.317. The molecule has 2 aromatic rings. The number of unbranched alkanes of at least 4 members (excludes halogenated alkanes) is 6. The lowest BCUT2D eigenvalue weighted by Crippen LogP contribution is -2.20. The van der Waals surface area contributed by atoms with Gasteiger partial charge in [-0.15, -0.1) is 11.6 Å². The molecular formula is C22H29Cl. The smallest absolute Gasteiger partial charge is 0.0944 e. The number of hydrogen-bond donors (Lipinski definition) is 0. The van der Waals surface area contributed by atoms with E-state index in [1.165, 1.54) is 56.1 Å². The van der Waals surface area contributed by atoms with Gasteiger partial charge in [-0.2, -0.15) is 0 Å². The summed E-state index contributed by atoms with van der Waals surface area (Å²) in [6, 6.07) is 21.1. The van der Waals surface area contributed by atoms with Crippen LogP contribution in [0.3, 0.4) is 0 Å². The van der Waals surface area contributed by atoms with Gasteiger partial charge >= 0.3 is 0 Å². The Labute approximate surface area is 146 Å². The molecule has 2 rings (SSSR count). The van der Waals surface area contributed by atoms with Crippen molar-refractivity contribution in [1.29, 1.82) is 0 Å². The first-order valence-corrected chi connectivity index (χ1v) is 9.45. The molecule has 0 radical (unpaired) electrons. The maximum atomic E-state index is 7.15. The Bertz CT molecular complexity index is 493. The third-order valence-electron chi connectivity index (χ3n) is 4.59. The van der Waals surface area contributed by atoms with Gasteiger partial charge in [-0.1, -0.05) is 113 Å². The molecule has 0 spiro atoms. The van der Waals surface area contributed by atoms with Crippen LogP contribution in [0, 0.1) is 0 Å². The van der Waals surface area contributed by atoms with Gasteiger partial charge in [0, 0.05) is 0 Å². The Hall–Kier alpha value is -1.27. The summed E-state index contributed by atoms with van der Waals surface area (Å²) in [4.78, 5) is -0.397. The van der Waals surface area contributed by atoms with Crippen molar-refractivity contribution in [3.8, 4) is 0 Å². The van der Waals surface area contributed by atoms with Crippen molar-refractivity contribution in [2.45, 2.75) is 63.2 Å². The third kappa shape index (κ3) is 5.39. The molecule has 1 heteroatoms. The van der Waals surface area contributed by atoms with Crippen LogP contribution in [0.15, 0.2) is 60.7 Å². The van der Waals surface area contributed by atoms with Gasteiger partial charge in [0.1, 0.15) is 0 Å². The molecule has 2 aromatic carbocycles. The second-order valence-corrected chi connectivity index (χ2v) is 7.05. The molecule has 0 aliphatic carbocycles. The van der Waals surface area contributed by atoms with E-state index in [-0.39, 0.29) is 0 Å². The van der Waals surface area contributed by atoms with Crippen molar-refractivity contribution in [2.24, 2.45) is 0 Å². The minimum atomic E-state index is -0.397. The van der Waals surface area contributed by atoms with Gasteiger partial charge in [0.05, 0.1) is 4.87 Å². The molecule has 0 heterocycles. The Kier molecular flexibility index (Phi) is 7.68. The lowest BCUT2D eigenvalue weighted by Gasteiger charge is -2.28. The zero-order chi connectivity index (χ0) is 16.4. The zero-order valence-electron chi connectivity index (χ0n) is 14.3. The molecule has 0 N–H and O–H groups in total.